The Balaban J connectivity index is 1.90. The summed E-state index contributed by atoms with van der Waals surface area (Å²) >= 11 is 0. The highest BCUT2D eigenvalue weighted by atomic mass is 16.6. The molecule has 6 nitrogen and oxygen atoms in total. The Bertz CT molecular complexity index is 535. The van der Waals surface area contributed by atoms with E-state index in [1.807, 2.05) is 37.3 Å². The van der Waals surface area contributed by atoms with Crippen LogP contribution in [0.15, 0.2) is 30.3 Å². The Kier molecular flexibility index (Phi) is 7.06. The first-order valence-electron chi connectivity index (χ1n) is 8.55. The molecule has 1 aromatic carbocycles. The minimum atomic E-state index is -0.559. The summed E-state index contributed by atoms with van der Waals surface area (Å²) in [5.41, 5.74) is 0.912. The molecule has 0 spiro atoms. The second-order valence-electron chi connectivity index (χ2n) is 6.05. The molecule has 1 fully saturated rings. The molecule has 2 amide bonds. The van der Waals surface area contributed by atoms with Crippen molar-refractivity contribution < 1.29 is 19.4 Å². The Morgan fingerprint density at radius 1 is 1.33 bits per heavy atom. The molecule has 0 radical (unpaired) electrons. The lowest BCUT2D eigenvalue weighted by molar-refractivity contribution is -0.127. The van der Waals surface area contributed by atoms with Gasteiger partial charge < -0.3 is 15.2 Å². The van der Waals surface area contributed by atoms with E-state index in [4.69, 9.17) is 4.74 Å². The molecule has 1 heterocycles. The molecule has 2 rings (SSSR count). The molecule has 1 saturated heterocycles. The minimum absolute atomic E-state index is 0.194. The van der Waals surface area contributed by atoms with Gasteiger partial charge in [0.2, 0.25) is 5.91 Å². The first-order chi connectivity index (χ1) is 11.6. The molecule has 0 saturated carbocycles. The molecule has 0 aliphatic carbocycles. The number of piperidine rings is 1. The van der Waals surface area contributed by atoms with Gasteiger partial charge >= 0.3 is 6.09 Å². The summed E-state index contributed by atoms with van der Waals surface area (Å²) in [6, 6.07) is 8.94. The van der Waals surface area contributed by atoms with E-state index in [9.17, 15) is 14.7 Å². The third-order valence-electron chi connectivity index (χ3n) is 4.23. The maximum absolute atomic E-state index is 12.4. The predicted octanol–water partition coefficient (Wildman–Crippen LogP) is 2.06. The second kappa shape index (κ2) is 9.27. The van der Waals surface area contributed by atoms with Crippen molar-refractivity contribution in [3.8, 4) is 0 Å². The number of hydrogen-bond donors (Lipinski definition) is 2. The molecule has 1 unspecified atom stereocenters. The van der Waals surface area contributed by atoms with Gasteiger partial charge in [-0.15, -0.1) is 0 Å². The average molecular weight is 334 g/mol. The monoisotopic (exact) mass is 334 g/mol. The van der Waals surface area contributed by atoms with Gasteiger partial charge in [0.1, 0.15) is 12.6 Å². The van der Waals surface area contributed by atoms with Crippen LogP contribution in [0.5, 0.6) is 0 Å². The molecule has 1 aliphatic rings. The van der Waals surface area contributed by atoms with Crippen LogP contribution in [0.2, 0.25) is 0 Å². The first kappa shape index (κ1) is 18.3. The van der Waals surface area contributed by atoms with Gasteiger partial charge in [0.05, 0.1) is 6.10 Å². The van der Waals surface area contributed by atoms with Crippen LogP contribution in [-0.2, 0) is 16.1 Å². The fourth-order valence-electron chi connectivity index (χ4n) is 2.71. The third kappa shape index (κ3) is 5.23. The standard InChI is InChI=1S/C18H26N2O4/c1-2-15(21)12-19-17(22)16-10-6-7-11-20(16)18(23)24-13-14-8-4-3-5-9-14/h3-5,8-9,15-16,21H,2,6-7,10-13H2,1H3,(H,19,22)/t15?,16-/m0/s1. The molecule has 1 aliphatic heterocycles. The summed E-state index contributed by atoms with van der Waals surface area (Å²) in [6.07, 6.45) is 1.94. The average Bonchev–Trinajstić information content (AvgIpc) is 2.64. The largest absolute Gasteiger partial charge is 0.445 e. The van der Waals surface area contributed by atoms with Crippen molar-refractivity contribution in [2.24, 2.45) is 0 Å². The van der Waals surface area contributed by atoms with Crippen molar-refractivity contribution in [3.63, 3.8) is 0 Å². The van der Waals surface area contributed by atoms with Gasteiger partial charge in [0.25, 0.3) is 0 Å². The van der Waals surface area contributed by atoms with E-state index in [1.54, 1.807) is 0 Å². The molecule has 2 N–H and O–H groups in total. The van der Waals surface area contributed by atoms with E-state index in [0.717, 1.165) is 18.4 Å². The zero-order valence-corrected chi connectivity index (χ0v) is 14.1. The topological polar surface area (TPSA) is 78.9 Å². The van der Waals surface area contributed by atoms with Crippen molar-refractivity contribution in [3.05, 3.63) is 35.9 Å². The summed E-state index contributed by atoms with van der Waals surface area (Å²) in [5.74, 6) is -0.223. The van der Waals surface area contributed by atoms with Crippen molar-refractivity contribution in [1.82, 2.24) is 10.2 Å². The molecular formula is C18H26N2O4. The molecule has 0 aromatic heterocycles. The first-order valence-corrected chi connectivity index (χ1v) is 8.55. The number of aliphatic hydroxyl groups is 1. The highest BCUT2D eigenvalue weighted by Crippen LogP contribution is 2.19. The van der Waals surface area contributed by atoms with Crippen LogP contribution in [0, 0.1) is 0 Å². The van der Waals surface area contributed by atoms with Gasteiger partial charge in [-0.05, 0) is 31.2 Å². The number of carbonyl (C=O) groups is 2. The normalized spacial score (nSPS) is 18.8. The third-order valence-corrected chi connectivity index (χ3v) is 4.23. The van der Waals surface area contributed by atoms with Crippen LogP contribution in [0.3, 0.4) is 0 Å². The number of amides is 2. The molecule has 0 bridgehead atoms. The van der Waals surface area contributed by atoms with E-state index < -0.39 is 18.2 Å². The SMILES string of the molecule is CCC(O)CNC(=O)[C@@H]1CCCCN1C(=O)OCc1ccccc1. The number of rotatable bonds is 6. The zero-order valence-electron chi connectivity index (χ0n) is 14.1. The lowest BCUT2D eigenvalue weighted by Crippen LogP contribution is -2.52. The number of likely N-dealkylation sites (tertiary alicyclic amines) is 1. The van der Waals surface area contributed by atoms with Gasteiger partial charge in [-0.25, -0.2) is 4.79 Å². The second-order valence-corrected chi connectivity index (χ2v) is 6.05. The fraction of sp³-hybridized carbons (Fsp3) is 0.556. The summed E-state index contributed by atoms with van der Waals surface area (Å²) in [5, 5.41) is 12.3. The molecule has 2 atom stereocenters. The minimum Gasteiger partial charge on any atom is -0.445 e. The highest BCUT2D eigenvalue weighted by molar-refractivity contribution is 5.85. The number of benzene rings is 1. The number of nitrogens with one attached hydrogen (secondary N) is 1. The maximum Gasteiger partial charge on any atom is 0.410 e. The number of hydrogen-bond acceptors (Lipinski definition) is 4. The van der Waals surface area contributed by atoms with Crippen LogP contribution in [0.1, 0.15) is 38.2 Å². The smallest absolute Gasteiger partial charge is 0.410 e. The quantitative estimate of drug-likeness (QED) is 0.835. The number of aliphatic hydroxyl groups excluding tert-OH is 1. The van der Waals surface area contributed by atoms with Crippen LogP contribution >= 0.6 is 0 Å². The van der Waals surface area contributed by atoms with Gasteiger partial charge in [-0.1, -0.05) is 37.3 Å². The fourth-order valence-corrected chi connectivity index (χ4v) is 2.71. The van der Waals surface area contributed by atoms with Gasteiger partial charge in [-0.3, -0.25) is 9.69 Å². The molecule has 24 heavy (non-hydrogen) atoms. The van der Waals surface area contributed by atoms with Crippen molar-refractivity contribution in [2.45, 2.75) is 51.4 Å². The Labute approximate surface area is 142 Å². The van der Waals surface area contributed by atoms with Crippen molar-refractivity contribution >= 4 is 12.0 Å². The summed E-state index contributed by atoms with van der Waals surface area (Å²) < 4.78 is 5.35. The van der Waals surface area contributed by atoms with E-state index in [2.05, 4.69) is 5.32 Å². The van der Waals surface area contributed by atoms with Gasteiger partial charge in [0, 0.05) is 13.1 Å². The maximum atomic E-state index is 12.4. The number of nitrogens with zero attached hydrogens (tertiary/aromatic N) is 1. The zero-order chi connectivity index (χ0) is 17.4. The predicted molar refractivity (Wildman–Crippen MR) is 90.3 cm³/mol. The summed E-state index contributed by atoms with van der Waals surface area (Å²) in [4.78, 5) is 26.2. The number of ether oxygens (including phenoxy) is 1. The van der Waals surface area contributed by atoms with E-state index in [-0.39, 0.29) is 19.1 Å². The van der Waals surface area contributed by atoms with E-state index >= 15 is 0 Å². The van der Waals surface area contributed by atoms with Crippen LogP contribution in [0.25, 0.3) is 0 Å². The van der Waals surface area contributed by atoms with Crippen molar-refractivity contribution in [2.75, 3.05) is 13.1 Å². The van der Waals surface area contributed by atoms with Crippen LogP contribution in [-0.4, -0.2) is 47.2 Å². The number of carbonyl (C=O) groups excluding carboxylic acids is 2. The lowest BCUT2D eigenvalue weighted by atomic mass is 10.0. The van der Waals surface area contributed by atoms with E-state index in [0.29, 0.717) is 19.4 Å². The molecule has 1 aromatic rings. The lowest BCUT2D eigenvalue weighted by Gasteiger charge is -2.34. The molecular weight excluding hydrogens is 308 g/mol. The van der Waals surface area contributed by atoms with Gasteiger partial charge in [-0.2, -0.15) is 0 Å². The van der Waals surface area contributed by atoms with Crippen LogP contribution < -0.4 is 5.32 Å². The summed E-state index contributed by atoms with van der Waals surface area (Å²) in [6.45, 7) is 2.77. The van der Waals surface area contributed by atoms with Crippen LogP contribution in [0.4, 0.5) is 4.79 Å². The highest BCUT2D eigenvalue weighted by Gasteiger charge is 2.33. The molecule has 132 valence electrons. The Hall–Kier alpha value is -2.08. The van der Waals surface area contributed by atoms with Crippen molar-refractivity contribution in [1.29, 1.82) is 0 Å². The van der Waals surface area contributed by atoms with E-state index in [1.165, 1.54) is 4.90 Å². The Morgan fingerprint density at radius 3 is 2.79 bits per heavy atom. The van der Waals surface area contributed by atoms with Gasteiger partial charge in [0.15, 0.2) is 0 Å². The Morgan fingerprint density at radius 2 is 2.08 bits per heavy atom. The summed E-state index contributed by atoms with van der Waals surface area (Å²) in [7, 11) is 0. The molecule has 6 heteroatoms.